The fourth-order valence-electron chi connectivity index (χ4n) is 1.01. The highest BCUT2D eigenvalue weighted by molar-refractivity contribution is 4.61. The summed E-state index contributed by atoms with van der Waals surface area (Å²) in [4.78, 5) is 0. The maximum Gasteiger partial charge on any atom is 0.126 e. The lowest BCUT2D eigenvalue weighted by molar-refractivity contribution is 0.0859. The first-order valence-electron chi connectivity index (χ1n) is 4.50. The summed E-state index contributed by atoms with van der Waals surface area (Å²) in [5.41, 5.74) is 0. The molecule has 0 aliphatic carbocycles. The number of halogens is 1. The van der Waals surface area contributed by atoms with Crippen LogP contribution in [0.15, 0.2) is 0 Å². The molecule has 0 spiro atoms. The van der Waals surface area contributed by atoms with Crippen molar-refractivity contribution < 1.29 is 9.50 Å². The van der Waals surface area contributed by atoms with Crippen molar-refractivity contribution in [2.45, 2.75) is 58.2 Å². The van der Waals surface area contributed by atoms with Crippen LogP contribution in [0.3, 0.4) is 0 Å². The van der Waals surface area contributed by atoms with Crippen molar-refractivity contribution in [2.24, 2.45) is 0 Å². The number of rotatable bonds is 6. The van der Waals surface area contributed by atoms with E-state index in [2.05, 4.69) is 6.92 Å². The van der Waals surface area contributed by atoms with Gasteiger partial charge in [-0.05, 0) is 13.3 Å². The quantitative estimate of drug-likeness (QED) is 0.595. The summed E-state index contributed by atoms with van der Waals surface area (Å²) in [5, 5.41) is 8.80. The maximum absolute atomic E-state index is 12.7. The summed E-state index contributed by atoms with van der Waals surface area (Å²) in [6.07, 6.45) is 3.03. The molecule has 11 heavy (non-hydrogen) atoms. The van der Waals surface area contributed by atoms with Gasteiger partial charge in [0.05, 0.1) is 6.10 Å². The van der Waals surface area contributed by atoms with Crippen LogP contribution in [0.2, 0.25) is 0 Å². The first-order chi connectivity index (χ1) is 5.18. The van der Waals surface area contributed by atoms with Gasteiger partial charge >= 0.3 is 0 Å². The van der Waals surface area contributed by atoms with E-state index in [0.717, 1.165) is 12.8 Å². The van der Waals surface area contributed by atoms with Crippen molar-refractivity contribution in [3.05, 3.63) is 0 Å². The van der Waals surface area contributed by atoms with Crippen molar-refractivity contribution in [2.75, 3.05) is 0 Å². The lowest BCUT2D eigenvalue weighted by Gasteiger charge is -2.09. The van der Waals surface area contributed by atoms with E-state index in [1.165, 1.54) is 19.8 Å². The van der Waals surface area contributed by atoms with Crippen LogP contribution in [-0.4, -0.2) is 17.4 Å². The fourth-order valence-corrected chi connectivity index (χ4v) is 1.01. The highest BCUT2D eigenvalue weighted by Gasteiger charge is 2.11. The van der Waals surface area contributed by atoms with E-state index in [-0.39, 0.29) is 0 Å². The molecule has 0 aromatic carbocycles. The van der Waals surface area contributed by atoms with Crippen LogP contribution in [0, 0.1) is 0 Å². The van der Waals surface area contributed by atoms with Gasteiger partial charge < -0.3 is 5.11 Å². The third kappa shape index (κ3) is 6.29. The van der Waals surface area contributed by atoms with Gasteiger partial charge in [0.1, 0.15) is 6.17 Å². The van der Waals surface area contributed by atoms with Crippen molar-refractivity contribution in [1.29, 1.82) is 0 Å². The van der Waals surface area contributed by atoms with E-state index < -0.39 is 12.3 Å². The molecule has 1 N–H and O–H groups in total. The summed E-state index contributed by atoms with van der Waals surface area (Å²) in [5.74, 6) is 0. The van der Waals surface area contributed by atoms with Gasteiger partial charge in [-0.3, -0.25) is 0 Å². The number of unbranched alkanes of at least 4 members (excludes halogenated alkanes) is 3. The Morgan fingerprint density at radius 1 is 1.27 bits per heavy atom. The second kappa shape index (κ2) is 6.59. The van der Waals surface area contributed by atoms with Crippen LogP contribution >= 0.6 is 0 Å². The highest BCUT2D eigenvalue weighted by atomic mass is 19.1. The van der Waals surface area contributed by atoms with Crippen LogP contribution in [-0.2, 0) is 0 Å². The Morgan fingerprint density at radius 3 is 2.36 bits per heavy atom. The minimum atomic E-state index is -1.02. The van der Waals surface area contributed by atoms with Crippen molar-refractivity contribution in [1.82, 2.24) is 0 Å². The largest absolute Gasteiger partial charge is 0.390 e. The van der Waals surface area contributed by atoms with Gasteiger partial charge in [-0.1, -0.05) is 32.6 Å². The molecule has 1 nitrogen and oxygen atoms in total. The normalized spacial score (nSPS) is 16.4. The summed E-state index contributed by atoms with van der Waals surface area (Å²) < 4.78 is 12.7. The topological polar surface area (TPSA) is 20.2 Å². The zero-order chi connectivity index (χ0) is 8.69. The third-order valence-electron chi connectivity index (χ3n) is 1.86. The minimum absolute atomic E-state index is 0.512. The van der Waals surface area contributed by atoms with Crippen LogP contribution in [0.1, 0.15) is 46.0 Å². The Balaban J connectivity index is 3.10. The minimum Gasteiger partial charge on any atom is -0.390 e. The second-order valence-electron chi connectivity index (χ2n) is 3.11. The molecule has 0 aromatic heterocycles. The molecule has 0 bridgehead atoms. The van der Waals surface area contributed by atoms with Crippen LogP contribution in [0.4, 0.5) is 4.39 Å². The Bertz CT molecular complexity index is 83.6. The van der Waals surface area contributed by atoms with Crippen LogP contribution in [0.25, 0.3) is 0 Å². The Kier molecular flexibility index (Phi) is 6.52. The van der Waals surface area contributed by atoms with Crippen LogP contribution in [0.5, 0.6) is 0 Å². The van der Waals surface area contributed by atoms with E-state index >= 15 is 0 Å². The average molecular weight is 162 g/mol. The zero-order valence-corrected chi connectivity index (χ0v) is 7.52. The number of aliphatic hydroxyl groups is 1. The van der Waals surface area contributed by atoms with Crippen molar-refractivity contribution in [3.63, 3.8) is 0 Å². The standard InChI is InChI=1S/C9H19FO/c1-3-4-5-6-7-9(10)8(2)11/h8-9,11H,3-7H2,1-2H3. The van der Waals surface area contributed by atoms with E-state index in [4.69, 9.17) is 5.11 Å². The number of alkyl halides is 1. The van der Waals surface area contributed by atoms with E-state index in [1.807, 2.05) is 0 Å². The number of aliphatic hydroxyl groups excluding tert-OH is 1. The molecule has 0 radical (unpaired) electrons. The molecule has 0 aromatic rings. The lowest BCUT2D eigenvalue weighted by Crippen LogP contribution is -2.17. The molecular weight excluding hydrogens is 143 g/mol. The van der Waals surface area contributed by atoms with Crippen LogP contribution < -0.4 is 0 Å². The Morgan fingerprint density at radius 2 is 1.91 bits per heavy atom. The first kappa shape index (κ1) is 10.9. The van der Waals surface area contributed by atoms with E-state index in [0.29, 0.717) is 6.42 Å². The van der Waals surface area contributed by atoms with E-state index in [9.17, 15) is 4.39 Å². The van der Waals surface area contributed by atoms with Gasteiger partial charge in [-0.25, -0.2) is 4.39 Å². The number of hydrogen-bond acceptors (Lipinski definition) is 1. The number of hydrogen-bond donors (Lipinski definition) is 1. The molecule has 68 valence electrons. The van der Waals surface area contributed by atoms with Gasteiger partial charge in [-0.2, -0.15) is 0 Å². The molecule has 0 aliphatic heterocycles. The molecular formula is C9H19FO. The monoisotopic (exact) mass is 162 g/mol. The predicted octanol–water partition coefficient (Wildman–Crippen LogP) is 2.68. The molecule has 2 atom stereocenters. The third-order valence-corrected chi connectivity index (χ3v) is 1.86. The zero-order valence-electron chi connectivity index (χ0n) is 7.52. The van der Waals surface area contributed by atoms with Gasteiger partial charge in [-0.15, -0.1) is 0 Å². The second-order valence-corrected chi connectivity index (χ2v) is 3.11. The highest BCUT2D eigenvalue weighted by Crippen LogP contribution is 2.10. The summed E-state index contributed by atoms with van der Waals surface area (Å²) in [6, 6.07) is 0. The molecule has 2 unspecified atom stereocenters. The van der Waals surface area contributed by atoms with Gasteiger partial charge in [0, 0.05) is 0 Å². The van der Waals surface area contributed by atoms with Gasteiger partial charge in [0.15, 0.2) is 0 Å². The Labute approximate surface area is 68.6 Å². The van der Waals surface area contributed by atoms with Crippen molar-refractivity contribution in [3.8, 4) is 0 Å². The van der Waals surface area contributed by atoms with E-state index in [1.54, 1.807) is 0 Å². The summed E-state index contributed by atoms with van der Waals surface area (Å²) in [6.45, 7) is 3.63. The van der Waals surface area contributed by atoms with Gasteiger partial charge in [0.2, 0.25) is 0 Å². The molecule has 0 heterocycles. The molecule has 0 fully saturated rings. The maximum atomic E-state index is 12.7. The molecule has 2 heteroatoms. The molecule has 0 saturated heterocycles. The SMILES string of the molecule is CCCCCCC(F)C(C)O. The first-order valence-corrected chi connectivity index (χ1v) is 4.50. The van der Waals surface area contributed by atoms with Crippen molar-refractivity contribution >= 4 is 0 Å². The van der Waals surface area contributed by atoms with Gasteiger partial charge in [0.25, 0.3) is 0 Å². The predicted molar refractivity (Wildman–Crippen MR) is 45.3 cm³/mol. The molecule has 0 amide bonds. The average Bonchev–Trinajstić information content (AvgIpc) is 1.97. The molecule has 0 aliphatic rings. The fraction of sp³-hybridized carbons (Fsp3) is 1.00. The smallest absolute Gasteiger partial charge is 0.126 e. The summed E-state index contributed by atoms with van der Waals surface area (Å²) >= 11 is 0. The Hall–Kier alpha value is -0.110. The lowest BCUT2D eigenvalue weighted by atomic mass is 10.1. The molecule has 0 rings (SSSR count). The summed E-state index contributed by atoms with van der Waals surface area (Å²) in [7, 11) is 0. The molecule has 0 saturated carbocycles.